The molecule has 0 fully saturated rings. The summed E-state index contributed by atoms with van der Waals surface area (Å²) in [7, 11) is 0. The van der Waals surface area contributed by atoms with Crippen molar-refractivity contribution >= 4 is 5.78 Å². The van der Waals surface area contributed by atoms with Crippen LogP contribution in [-0.2, 0) is 4.79 Å². The first-order valence-electron chi connectivity index (χ1n) is 6.55. The number of allylic oxidation sites excluding steroid dienone is 4. The van der Waals surface area contributed by atoms with E-state index in [-0.39, 0.29) is 5.92 Å². The van der Waals surface area contributed by atoms with Gasteiger partial charge in [0.2, 0.25) is 0 Å². The van der Waals surface area contributed by atoms with Gasteiger partial charge in [-0.3, -0.25) is 4.79 Å². The summed E-state index contributed by atoms with van der Waals surface area (Å²) in [6.07, 6.45) is 7.17. The lowest BCUT2D eigenvalue weighted by Gasteiger charge is -2.25. The maximum Gasteiger partial charge on any atom is 0.132 e. The van der Waals surface area contributed by atoms with Gasteiger partial charge in [0.1, 0.15) is 5.78 Å². The average Bonchev–Trinajstić information content (AvgIpc) is 2.66. The smallest absolute Gasteiger partial charge is 0.132 e. The molecule has 17 heavy (non-hydrogen) atoms. The lowest BCUT2D eigenvalue weighted by atomic mass is 9.78. The van der Waals surface area contributed by atoms with E-state index < -0.39 is 0 Å². The monoisotopic (exact) mass is 232 g/mol. The molecule has 0 aliphatic heterocycles. The number of hydrogen-bond donors (Lipinski definition) is 0. The molecule has 0 spiro atoms. The first kappa shape index (κ1) is 14.0. The van der Waals surface area contributed by atoms with Gasteiger partial charge in [-0.2, -0.15) is 0 Å². The number of carbonyl (C=O) groups is 1. The molecule has 0 aromatic rings. The number of carbonyl (C=O) groups excluding carboxylic acids is 1. The summed E-state index contributed by atoms with van der Waals surface area (Å²) in [6.45, 7) is 13.8. The quantitative estimate of drug-likeness (QED) is 0.666. The normalized spacial score (nSPS) is 25.8. The van der Waals surface area contributed by atoms with Crippen LogP contribution < -0.4 is 0 Å². The van der Waals surface area contributed by atoms with Crippen molar-refractivity contribution in [3.05, 3.63) is 36.5 Å². The van der Waals surface area contributed by atoms with E-state index in [0.29, 0.717) is 17.6 Å². The molecule has 1 heteroatoms. The van der Waals surface area contributed by atoms with Crippen molar-refractivity contribution in [2.45, 2.75) is 40.0 Å². The van der Waals surface area contributed by atoms with Gasteiger partial charge in [0.15, 0.2) is 0 Å². The van der Waals surface area contributed by atoms with Crippen LogP contribution in [0.25, 0.3) is 0 Å². The highest BCUT2D eigenvalue weighted by Crippen LogP contribution is 2.44. The second kappa shape index (κ2) is 6.00. The molecule has 1 aliphatic carbocycles. The molecule has 1 aliphatic rings. The summed E-state index contributed by atoms with van der Waals surface area (Å²) in [6, 6.07) is 0. The first-order valence-corrected chi connectivity index (χ1v) is 6.55. The van der Waals surface area contributed by atoms with Crippen LogP contribution in [0.5, 0.6) is 0 Å². The fourth-order valence-corrected chi connectivity index (χ4v) is 2.97. The van der Waals surface area contributed by atoms with Crippen LogP contribution in [0.4, 0.5) is 0 Å². The minimum atomic E-state index is 0.138. The van der Waals surface area contributed by atoms with Crippen LogP contribution >= 0.6 is 0 Å². The largest absolute Gasteiger partial charge is 0.300 e. The lowest BCUT2D eigenvalue weighted by molar-refractivity contribution is -0.122. The number of hydrogen-bond acceptors (Lipinski definition) is 1. The number of rotatable bonds is 6. The van der Waals surface area contributed by atoms with Crippen LogP contribution in [-0.4, -0.2) is 5.78 Å². The maximum atomic E-state index is 11.6. The van der Waals surface area contributed by atoms with Crippen LogP contribution in [0.1, 0.15) is 40.0 Å². The van der Waals surface area contributed by atoms with Gasteiger partial charge in [-0.05, 0) is 42.7 Å². The van der Waals surface area contributed by atoms with Gasteiger partial charge < -0.3 is 0 Å². The molecule has 0 radical (unpaired) electrons. The predicted octanol–water partition coefficient (Wildman–Crippen LogP) is 4.32. The lowest BCUT2D eigenvalue weighted by Crippen LogP contribution is -2.23. The van der Waals surface area contributed by atoms with Crippen LogP contribution in [0, 0.1) is 17.8 Å². The van der Waals surface area contributed by atoms with Gasteiger partial charge in [-0.15, -0.1) is 0 Å². The molecule has 0 bridgehead atoms. The Morgan fingerprint density at radius 3 is 2.53 bits per heavy atom. The minimum Gasteiger partial charge on any atom is -0.300 e. The minimum absolute atomic E-state index is 0.138. The number of Topliss-reactive ketones (excluding diaryl/α,β-unsaturated/α-hetero) is 1. The number of ketones is 1. The van der Waals surface area contributed by atoms with E-state index >= 15 is 0 Å². The van der Waals surface area contributed by atoms with Crippen molar-refractivity contribution in [3.8, 4) is 0 Å². The average molecular weight is 232 g/mol. The summed E-state index contributed by atoms with van der Waals surface area (Å²) in [5.74, 6) is 1.36. The highest BCUT2D eigenvalue weighted by atomic mass is 16.1. The molecule has 0 heterocycles. The predicted molar refractivity (Wildman–Crippen MR) is 73.8 cm³/mol. The van der Waals surface area contributed by atoms with E-state index in [0.717, 1.165) is 19.3 Å². The Labute approximate surface area is 105 Å². The molecular weight excluding hydrogens is 208 g/mol. The molecule has 3 atom stereocenters. The van der Waals surface area contributed by atoms with E-state index in [2.05, 4.69) is 27.0 Å². The second-order valence-corrected chi connectivity index (χ2v) is 5.05. The Hall–Kier alpha value is -1.11. The topological polar surface area (TPSA) is 17.1 Å². The standard InChI is InChI=1S/C16H24O/c1-6-9-15-14(8-3)13(7-2)10-16(15)11(4)12(5)17/h7-8,11,15-16H,2-3,6,9-10H2,1,4-5H3/t11-,15+,16?/m0/s1. The summed E-state index contributed by atoms with van der Waals surface area (Å²) in [5.41, 5.74) is 2.61. The first-order chi connectivity index (χ1) is 8.06. The molecule has 1 nitrogen and oxygen atoms in total. The van der Waals surface area contributed by atoms with Gasteiger partial charge in [-0.25, -0.2) is 0 Å². The third kappa shape index (κ3) is 2.77. The molecule has 0 amide bonds. The van der Waals surface area contributed by atoms with Crippen molar-refractivity contribution in [2.24, 2.45) is 17.8 Å². The molecule has 0 aromatic heterocycles. The van der Waals surface area contributed by atoms with Crippen LogP contribution in [0.2, 0.25) is 0 Å². The molecule has 1 rings (SSSR count). The Bertz CT molecular complexity index is 349. The summed E-state index contributed by atoms with van der Waals surface area (Å²) in [4.78, 5) is 11.6. The van der Waals surface area contributed by atoms with E-state index in [1.807, 2.05) is 12.2 Å². The summed E-state index contributed by atoms with van der Waals surface area (Å²) >= 11 is 0. The second-order valence-electron chi connectivity index (χ2n) is 5.05. The zero-order valence-corrected chi connectivity index (χ0v) is 11.3. The Morgan fingerprint density at radius 1 is 1.47 bits per heavy atom. The molecule has 0 aromatic carbocycles. The third-order valence-corrected chi connectivity index (χ3v) is 4.09. The Balaban J connectivity index is 3.00. The van der Waals surface area contributed by atoms with Crippen molar-refractivity contribution in [1.29, 1.82) is 0 Å². The molecular formula is C16H24O. The van der Waals surface area contributed by atoms with Crippen LogP contribution in [0.3, 0.4) is 0 Å². The SMILES string of the molecule is C=CC1=C(C=C)[C@@H](CCC)C([C@@H](C)C(C)=O)C1. The van der Waals surface area contributed by atoms with E-state index in [1.54, 1.807) is 6.92 Å². The fraction of sp³-hybridized carbons (Fsp3) is 0.562. The Morgan fingerprint density at radius 2 is 2.12 bits per heavy atom. The van der Waals surface area contributed by atoms with E-state index in [1.165, 1.54) is 11.1 Å². The highest BCUT2D eigenvalue weighted by Gasteiger charge is 2.36. The summed E-state index contributed by atoms with van der Waals surface area (Å²) in [5, 5.41) is 0. The highest BCUT2D eigenvalue weighted by molar-refractivity contribution is 5.78. The van der Waals surface area contributed by atoms with E-state index in [4.69, 9.17) is 0 Å². The third-order valence-electron chi connectivity index (χ3n) is 4.09. The molecule has 0 N–H and O–H groups in total. The summed E-state index contributed by atoms with van der Waals surface area (Å²) < 4.78 is 0. The van der Waals surface area contributed by atoms with Gasteiger partial charge in [0.05, 0.1) is 0 Å². The van der Waals surface area contributed by atoms with E-state index in [9.17, 15) is 4.79 Å². The van der Waals surface area contributed by atoms with Crippen molar-refractivity contribution in [1.82, 2.24) is 0 Å². The van der Waals surface area contributed by atoms with Gasteiger partial charge >= 0.3 is 0 Å². The van der Waals surface area contributed by atoms with Gasteiger partial charge in [0.25, 0.3) is 0 Å². The zero-order valence-electron chi connectivity index (χ0n) is 11.3. The maximum absolute atomic E-state index is 11.6. The Kier molecular flexibility index (Phi) is 4.92. The van der Waals surface area contributed by atoms with Gasteiger partial charge in [0, 0.05) is 5.92 Å². The molecule has 0 saturated heterocycles. The molecule has 94 valence electrons. The molecule has 0 saturated carbocycles. The molecule has 1 unspecified atom stereocenters. The van der Waals surface area contributed by atoms with Crippen molar-refractivity contribution < 1.29 is 4.79 Å². The van der Waals surface area contributed by atoms with Crippen LogP contribution in [0.15, 0.2) is 36.5 Å². The van der Waals surface area contributed by atoms with Crippen molar-refractivity contribution in [3.63, 3.8) is 0 Å². The fourth-order valence-electron chi connectivity index (χ4n) is 2.97. The van der Waals surface area contributed by atoms with Crippen molar-refractivity contribution in [2.75, 3.05) is 0 Å². The zero-order chi connectivity index (χ0) is 13.0. The van der Waals surface area contributed by atoms with Gasteiger partial charge in [-0.1, -0.05) is 45.6 Å².